The number of methoxy groups -OCH3 is 1. The molecule has 3 N–H and O–H groups in total. The van der Waals surface area contributed by atoms with Gasteiger partial charge in [0.2, 0.25) is 10.0 Å². The first kappa shape index (κ1) is 20.5. The van der Waals surface area contributed by atoms with E-state index in [1.165, 1.54) is 28.8 Å². The second-order valence-electron chi connectivity index (χ2n) is 7.26. The van der Waals surface area contributed by atoms with Gasteiger partial charge in [-0.15, -0.1) is 0 Å². The van der Waals surface area contributed by atoms with Gasteiger partial charge >= 0.3 is 5.76 Å². The molecule has 1 saturated heterocycles. The van der Waals surface area contributed by atoms with Crippen LogP contribution in [0.1, 0.15) is 0 Å². The number of oxazole rings is 1. The van der Waals surface area contributed by atoms with Crippen LogP contribution in [-0.2, 0) is 10.0 Å². The summed E-state index contributed by atoms with van der Waals surface area (Å²) in [4.78, 5) is 17.5. The SMILES string of the molecule is COc1ccc(N2CC[NH+](CCNS(=O)(=O)c3ccc4[nH]c(=O)oc4c3)CC2)cc1. The highest BCUT2D eigenvalue weighted by molar-refractivity contribution is 7.89. The maximum Gasteiger partial charge on any atom is 0.417 e. The Labute approximate surface area is 174 Å². The molecule has 0 saturated carbocycles. The van der Waals surface area contributed by atoms with Gasteiger partial charge in [-0.05, 0) is 36.4 Å². The predicted molar refractivity (Wildman–Crippen MR) is 113 cm³/mol. The van der Waals surface area contributed by atoms with E-state index in [0.29, 0.717) is 18.6 Å². The molecule has 2 aromatic carbocycles. The lowest BCUT2D eigenvalue weighted by molar-refractivity contribution is -0.899. The molecule has 30 heavy (non-hydrogen) atoms. The van der Waals surface area contributed by atoms with Gasteiger partial charge in [0, 0.05) is 11.8 Å². The average Bonchev–Trinajstić information content (AvgIpc) is 3.13. The molecule has 0 spiro atoms. The van der Waals surface area contributed by atoms with Crippen molar-refractivity contribution in [3.8, 4) is 5.75 Å². The zero-order valence-corrected chi connectivity index (χ0v) is 17.5. The Morgan fingerprint density at radius 3 is 2.60 bits per heavy atom. The second-order valence-corrected chi connectivity index (χ2v) is 9.02. The molecule has 3 aromatic rings. The maximum absolute atomic E-state index is 12.5. The number of hydrogen-bond donors (Lipinski definition) is 3. The van der Waals surface area contributed by atoms with Crippen molar-refractivity contribution in [2.45, 2.75) is 4.90 Å². The molecule has 2 heterocycles. The first-order valence-corrected chi connectivity index (χ1v) is 11.3. The summed E-state index contributed by atoms with van der Waals surface area (Å²) in [5, 5.41) is 0. The number of piperazine rings is 1. The number of benzene rings is 2. The van der Waals surface area contributed by atoms with Crippen LogP contribution >= 0.6 is 0 Å². The van der Waals surface area contributed by atoms with Crippen molar-refractivity contribution in [3.63, 3.8) is 0 Å². The average molecular weight is 434 g/mol. The fourth-order valence-electron chi connectivity index (χ4n) is 3.66. The van der Waals surface area contributed by atoms with Gasteiger partial charge in [0.05, 0.1) is 56.8 Å². The summed E-state index contributed by atoms with van der Waals surface area (Å²) in [6, 6.07) is 12.4. The second kappa shape index (κ2) is 8.50. The fourth-order valence-corrected chi connectivity index (χ4v) is 4.71. The molecule has 4 rings (SSSR count). The van der Waals surface area contributed by atoms with E-state index in [4.69, 9.17) is 9.15 Å². The quantitative estimate of drug-likeness (QED) is 0.477. The van der Waals surface area contributed by atoms with Crippen molar-refractivity contribution in [1.29, 1.82) is 0 Å². The summed E-state index contributed by atoms with van der Waals surface area (Å²) < 4.78 is 37.9. The molecule has 10 heteroatoms. The number of sulfonamides is 1. The van der Waals surface area contributed by atoms with Gasteiger partial charge in [0.15, 0.2) is 5.58 Å². The third-order valence-corrected chi connectivity index (χ3v) is 6.84. The van der Waals surface area contributed by atoms with Gasteiger partial charge in [0.25, 0.3) is 0 Å². The zero-order chi connectivity index (χ0) is 21.1. The van der Waals surface area contributed by atoms with Crippen molar-refractivity contribution >= 4 is 26.8 Å². The fraction of sp³-hybridized carbons (Fsp3) is 0.350. The Hall–Kier alpha value is -2.82. The molecule has 0 radical (unpaired) electrons. The third-order valence-electron chi connectivity index (χ3n) is 5.38. The molecular formula is C20H25N4O5S+. The van der Waals surface area contributed by atoms with Gasteiger partial charge in [-0.25, -0.2) is 17.9 Å². The van der Waals surface area contributed by atoms with E-state index in [1.54, 1.807) is 7.11 Å². The molecule has 0 unspecified atom stereocenters. The lowest BCUT2D eigenvalue weighted by Crippen LogP contribution is -3.15. The maximum atomic E-state index is 12.5. The summed E-state index contributed by atoms with van der Waals surface area (Å²) in [7, 11) is -2.01. The number of anilines is 1. The monoisotopic (exact) mass is 433 g/mol. The summed E-state index contributed by atoms with van der Waals surface area (Å²) in [5.41, 5.74) is 1.86. The van der Waals surface area contributed by atoms with Gasteiger partial charge in [-0.1, -0.05) is 0 Å². The molecule has 1 fully saturated rings. The van der Waals surface area contributed by atoms with Crippen molar-refractivity contribution in [2.75, 3.05) is 51.3 Å². The number of hydrogen-bond acceptors (Lipinski definition) is 6. The molecule has 0 aliphatic carbocycles. The van der Waals surface area contributed by atoms with E-state index in [0.717, 1.165) is 31.9 Å². The van der Waals surface area contributed by atoms with E-state index in [-0.39, 0.29) is 10.5 Å². The molecule has 0 bridgehead atoms. The minimum Gasteiger partial charge on any atom is -0.497 e. The molecule has 1 aliphatic heterocycles. The summed E-state index contributed by atoms with van der Waals surface area (Å²) in [5.74, 6) is 0.234. The molecule has 9 nitrogen and oxygen atoms in total. The van der Waals surface area contributed by atoms with E-state index in [2.05, 4.69) is 26.7 Å². The minimum absolute atomic E-state index is 0.0806. The smallest absolute Gasteiger partial charge is 0.417 e. The molecule has 0 atom stereocenters. The number of ether oxygens (including phenoxy) is 1. The lowest BCUT2D eigenvalue weighted by Gasteiger charge is -2.33. The summed E-state index contributed by atoms with van der Waals surface area (Å²) in [6.45, 7) is 4.75. The number of rotatable bonds is 7. The first-order valence-electron chi connectivity index (χ1n) is 9.80. The Kier molecular flexibility index (Phi) is 5.80. The third kappa shape index (κ3) is 4.50. The van der Waals surface area contributed by atoms with Gasteiger partial charge < -0.3 is 19.0 Å². The Morgan fingerprint density at radius 2 is 1.90 bits per heavy atom. The van der Waals surface area contributed by atoms with Crippen molar-refractivity contribution < 1.29 is 22.5 Å². The number of nitrogens with zero attached hydrogens (tertiary/aromatic N) is 1. The minimum atomic E-state index is -3.67. The van der Waals surface area contributed by atoms with Crippen LogP contribution in [0.15, 0.2) is 56.6 Å². The highest BCUT2D eigenvalue weighted by Crippen LogP contribution is 2.19. The highest BCUT2D eigenvalue weighted by Gasteiger charge is 2.21. The highest BCUT2D eigenvalue weighted by atomic mass is 32.2. The van der Waals surface area contributed by atoms with Crippen molar-refractivity contribution in [1.82, 2.24) is 9.71 Å². The number of quaternary nitrogens is 1. The van der Waals surface area contributed by atoms with Crippen LogP contribution < -0.4 is 25.0 Å². The van der Waals surface area contributed by atoms with E-state index in [1.807, 2.05) is 12.1 Å². The first-order chi connectivity index (χ1) is 14.4. The van der Waals surface area contributed by atoms with Crippen LogP contribution in [0.25, 0.3) is 11.1 Å². The number of aromatic nitrogens is 1. The predicted octanol–water partition coefficient (Wildman–Crippen LogP) is -0.187. The van der Waals surface area contributed by atoms with E-state index in [9.17, 15) is 13.2 Å². The van der Waals surface area contributed by atoms with Gasteiger partial charge in [-0.3, -0.25) is 4.98 Å². The topological polar surface area (TPSA) is 109 Å². The van der Waals surface area contributed by atoms with Crippen molar-refractivity contribution in [2.24, 2.45) is 0 Å². The number of nitrogens with one attached hydrogen (secondary N) is 3. The van der Waals surface area contributed by atoms with E-state index < -0.39 is 15.8 Å². The summed E-state index contributed by atoms with van der Waals surface area (Å²) in [6.07, 6.45) is 0. The Bertz CT molecular complexity index is 1160. The van der Waals surface area contributed by atoms with Crippen LogP contribution in [0, 0.1) is 0 Å². The number of aromatic amines is 1. The summed E-state index contributed by atoms with van der Waals surface area (Å²) >= 11 is 0. The standard InChI is InChI=1S/C20H24N4O5S/c1-28-16-4-2-15(3-5-16)24-12-10-23(11-13-24)9-8-21-30(26,27)17-6-7-18-19(14-17)29-20(25)22-18/h2-7,14,21H,8-13H2,1H3,(H,22,25)/p+1. The molecule has 1 aromatic heterocycles. The molecular weight excluding hydrogens is 408 g/mol. The van der Waals surface area contributed by atoms with Crippen LogP contribution in [0.4, 0.5) is 5.69 Å². The van der Waals surface area contributed by atoms with Crippen LogP contribution in [-0.4, -0.2) is 59.8 Å². The Balaban J connectivity index is 1.28. The van der Waals surface area contributed by atoms with Gasteiger partial charge in [-0.2, -0.15) is 0 Å². The van der Waals surface area contributed by atoms with Crippen molar-refractivity contribution in [3.05, 3.63) is 53.0 Å². The van der Waals surface area contributed by atoms with Crippen LogP contribution in [0.3, 0.4) is 0 Å². The van der Waals surface area contributed by atoms with Crippen LogP contribution in [0.5, 0.6) is 5.75 Å². The number of fused-ring (bicyclic) bond motifs is 1. The molecule has 160 valence electrons. The molecule has 0 amide bonds. The zero-order valence-electron chi connectivity index (χ0n) is 16.7. The largest absolute Gasteiger partial charge is 0.497 e. The number of H-pyrrole nitrogens is 1. The van der Waals surface area contributed by atoms with Crippen LogP contribution in [0.2, 0.25) is 0 Å². The Morgan fingerprint density at radius 1 is 1.17 bits per heavy atom. The normalized spacial score (nSPS) is 15.6. The van der Waals surface area contributed by atoms with E-state index >= 15 is 0 Å². The van der Waals surface area contributed by atoms with Gasteiger partial charge in [0.1, 0.15) is 5.75 Å². The molecule has 1 aliphatic rings. The lowest BCUT2D eigenvalue weighted by atomic mass is 10.2.